The summed E-state index contributed by atoms with van der Waals surface area (Å²) in [7, 11) is 3.28. The molecule has 0 spiro atoms. The van der Waals surface area contributed by atoms with Crippen LogP contribution in [-0.4, -0.2) is 82.2 Å². The third-order valence-electron chi connectivity index (χ3n) is 10.9. The number of fused-ring (bicyclic) bond motifs is 4. The molecule has 2 N–H and O–H groups in total. The van der Waals surface area contributed by atoms with E-state index in [-0.39, 0.29) is 48.1 Å². The molecule has 14 nitrogen and oxygen atoms in total. The van der Waals surface area contributed by atoms with Crippen molar-refractivity contribution in [2.45, 2.75) is 12.1 Å². The van der Waals surface area contributed by atoms with Crippen LogP contribution in [0.25, 0.3) is 33.3 Å². The smallest absolute Gasteiger partial charge is 0.272 e. The van der Waals surface area contributed by atoms with Crippen molar-refractivity contribution in [3.63, 3.8) is 0 Å². The maximum Gasteiger partial charge on any atom is 0.272 e. The maximum absolute atomic E-state index is 14.3. The van der Waals surface area contributed by atoms with Crippen LogP contribution in [0, 0.1) is 11.6 Å². The van der Waals surface area contributed by atoms with Gasteiger partial charge in [0.15, 0.2) is 11.4 Å². The van der Waals surface area contributed by atoms with Crippen molar-refractivity contribution in [1.82, 2.24) is 29.9 Å². The number of ether oxygens (including phenoxy) is 2. The average molecular weight is 861 g/mol. The minimum Gasteiger partial charge on any atom is -0.489 e. The first kappa shape index (κ1) is 41.0. The lowest BCUT2D eigenvalue weighted by Crippen LogP contribution is -2.49. The van der Waals surface area contributed by atoms with Crippen molar-refractivity contribution in [3.05, 3.63) is 169 Å². The lowest BCUT2D eigenvalue weighted by Gasteiger charge is -2.19. The van der Waals surface area contributed by atoms with Gasteiger partial charge in [-0.3, -0.25) is 19.2 Å². The number of rotatable bonds is 6. The first-order valence-corrected chi connectivity index (χ1v) is 20.1. The number of anilines is 2. The largest absolute Gasteiger partial charge is 0.489 e. The Bertz CT molecular complexity index is 2910. The van der Waals surface area contributed by atoms with Crippen molar-refractivity contribution in [3.8, 4) is 33.8 Å². The molecule has 6 heterocycles. The van der Waals surface area contributed by atoms with Gasteiger partial charge in [0.2, 0.25) is 0 Å². The van der Waals surface area contributed by atoms with Crippen LogP contribution in [0.4, 0.5) is 20.2 Å². The number of nitrogens with one attached hydrogen (secondary N) is 2. The Balaban J connectivity index is 0.000000162. The molecule has 8 aromatic rings. The number of benzene rings is 4. The summed E-state index contributed by atoms with van der Waals surface area (Å²) in [5.74, 6) is -1.21. The predicted octanol–water partition coefficient (Wildman–Crippen LogP) is 6.59. The zero-order valence-corrected chi connectivity index (χ0v) is 34.3. The molecule has 10 rings (SSSR count). The van der Waals surface area contributed by atoms with E-state index in [9.17, 15) is 28.0 Å². The van der Waals surface area contributed by atoms with E-state index in [0.29, 0.717) is 56.2 Å². The van der Waals surface area contributed by atoms with Crippen molar-refractivity contribution in [1.29, 1.82) is 0 Å². The van der Waals surface area contributed by atoms with Crippen molar-refractivity contribution < 1.29 is 37.4 Å². The monoisotopic (exact) mass is 860 g/mol. The second-order valence-electron chi connectivity index (χ2n) is 14.9. The van der Waals surface area contributed by atoms with E-state index in [1.54, 1.807) is 124 Å². The van der Waals surface area contributed by atoms with Gasteiger partial charge in [-0.2, -0.15) is 10.2 Å². The summed E-state index contributed by atoms with van der Waals surface area (Å²) >= 11 is 0. The molecule has 4 amide bonds. The van der Waals surface area contributed by atoms with Crippen molar-refractivity contribution in [2.24, 2.45) is 0 Å². The molecule has 16 heteroatoms. The van der Waals surface area contributed by atoms with E-state index in [2.05, 4.69) is 20.8 Å². The van der Waals surface area contributed by atoms with Crippen LogP contribution in [0.3, 0.4) is 0 Å². The van der Waals surface area contributed by atoms with Gasteiger partial charge < -0.3 is 29.9 Å². The molecule has 2 aliphatic heterocycles. The van der Waals surface area contributed by atoms with Crippen LogP contribution >= 0.6 is 0 Å². The number of amides is 4. The highest BCUT2D eigenvalue weighted by Gasteiger charge is 2.33. The predicted molar refractivity (Wildman–Crippen MR) is 234 cm³/mol. The summed E-state index contributed by atoms with van der Waals surface area (Å²) in [4.78, 5) is 54.6. The Morgan fingerprint density at radius 1 is 0.547 bits per heavy atom. The number of nitrogens with zero attached hydrogens (tertiary/aromatic N) is 6. The molecule has 320 valence electrons. The van der Waals surface area contributed by atoms with Crippen LogP contribution in [0.1, 0.15) is 21.0 Å². The Kier molecular flexibility index (Phi) is 11.0. The minimum atomic E-state index is -0.879. The van der Waals surface area contributed by atoms with Gasteiger partial charge in [0.1, 0.15) is 48.4 Å². The quantitative estimate of drug-likeness (QED) is 0.190. The third-order valence-corrected chi connectivity index (χ3v) is 10.9. The van der Waals surface area contributed by atoms with Gasteiger partial charge >= 0.3 is 0 Å². The van der Waals surface area contributed by atoms with E-state index >= 15 is 0 Å². The number of carbonyl (C=O) groups is 4. The summed E-state index contributed by atoms with van der Waals surface area (Å²) < 4.78 is 43.2. The van der Waals surface area contributed by atoms with Gasteiger partial charge in [-0.15, -0.1) is 0 Å². The molecule has 0 radical (unpaired) electrons. The maximum atomic E-state index is 14.3. The number of pyridine rings is 2. The molecule has 0 saturated carbocycles. The SMILES string of the molecule is CN1C(=O)[C@@H](NC(=O)c2cc3c(-c4ccccc4F)cccn3n2)COc2ccccc21.CN1C(=O)[C@@H](NC(=O)c2cc3c(-c4ccccc4F)cccn3n2)COc2ccccc21. The zero-order chi connectivity index (χ0) is 44.5. The number of hydrogen-bond acceptors (Lipinski definition) is 8. The zero-order valence-electron chi connectivity index (χ0n) is 34.3. The molecule has 64 heavy (non-hydrogen) atoms. The highest BCUT2D eigenvalue weighted by molar-refractivity contribution is 6.04. The van der Waals surface area contributed by atoms with Gasteiger partial charge in [0.05, 0.1) is 22.4 Å². The molecule has 0 bridgehead atoms. The number of aromatic nitrogens is 4. The van der Waals surface area contributed by atoms with E-state index in [0.717, 1.165) is 0 Å². The Labute approximate surface area is 364 Å². The van der Waals surface area contributed by atoms with E-state index in [1.807, 2.05) is 24.3 Å². The molecular formula is C48H38F2N8O6. The molecule has 0 saturated heterocycles. The summed E-state index contributed by atoms with van der Waals surface area (Å²) in [6.07, 6.45) is 3.36. The second-order valence-corrected chi connectivity index (χ2v) is 14.9. The first-order chi connectivity index (χ1) is 31.0. The van der Waals surface area contributed by atoms with Crippen LogP contribution in [0.15, 0.2) is 146 Å². The van der Waals surface area contributed by atoms with Gasteiger partial charge in [-0.1, -0.05) is 72.8 Å². The summed E-state index contributed by atoms with van der Waals surface area (Å²) in [6.45, 7) is -0.000447. The Morgan fingerprint density at radius 2 is 0.922 bits per heavy atom. The highest BCUT2D eigenvalue weighted by Crippen LogP contribution is 2.32. The van der Waals surface area contributed by atoms with E-state index < -0.39 is 23.9 Å². The average Bonchev–Trinajstić information content (AvgIpc) is 3.92. The van der Waals surface area contributed by atoms with Crippen molar-refractivity contribution >= 4 is 46.0 Å². The van der Waals surface area contributed by atoms with Crippen LogP contribution in [0.5, 0.6) is 11.5 Å². The van der Waals surface area contributed by atoms with Crippen LogP contribution in [-0.2, 0) is 9.59 Å². The third kappa shape index (κ3) is 7.83. The number of carbonyl (C=O) groups excluding carboxylic acids is 4. The van der Waals surface area contributed by atoms with Crippen LogP contribution < -0.4 is 29.9 Å². The molecule has 0 unspecified atom stereocenters. The molecule has 4 aromatic heterocycles. The second kappa shape index (κ2) is 17.2. The van der Waals surface area contributed by atoms with Gasteiger partial charge in [0.25, 0.3) is 23.6 Å². The number of hydrogen-bond donors (Lipinski definition) is 2. The molecule has 0 fully saturated rings. The highest BCUT2D eigenvalue weighted by atomic mass is 19.1. The van der Waals surface area contributed by atoms with E-state index in [1.165, 1.54) is 31.0 Å². The normalized spacial score (nSPS) is 15.8. The van der Waals surface area contributed by atoms with Crippen LogP contribution in [0.2, 0.25) is 0 Å². The number of para-hydroxylation sites is 4. The molecule has 2 atom stereocenters. The lowest BCUT2D eigenvalue weighted by atomic mass is 10.0. The molecule has 4 aromatic carbocycles. The first-order valence-electron chi connectivity index (χ1n) is 20.1. The fourth-order valence-corrected chi connectivity index (χ4v) is 7.65. The topological polar surface area (TPSA) is 152 Å². The summed E-state index contributed by atoms with van der Waals surface area (Å²) in [5, 5.41) is 14.1. The van der Waals surface area contributed by atoms with E-state index in [4.69, 9.17) is 9.47 Å². The fourth-order valence-electron chi connectivity index (χ4n) is 7.65. The molecule has 0 aliphatic carbocycles. The van der Waals surface area contributed by atoms with Gasteiger partial charge in [0, 0.05) is 48.7 Å². The fraction of sp³-hybridized carbons (Fsp3) is 0.125. The number of likely N-dealkylation sites (N-methyl/N-ethyl adjacent to an activating group) is 2. The van der Waals surface area contributed by atoms with Gasteiger partial charge in [-0.05, 0) is 60.7 Å². The lowest BCUT2D eigenvalue weighted by molar-refractivity contribution is -0.121. The summed E-state index contributed by atoms with van der Waals surface area (Å²) in [5.41, 5.74) is 4.72. The van der Waals surface area contributed by atoms with Crippen molar-refractivity contribution in [2.75, 3.05) is 37.1 Å². The molecule has 2 aliphatic rings. The standard InChI is InChI=1S/2C24H19FN4O3/c2*1-28-20-10-4-5-11-22(20)32-14-19(24(28)31)26-23(30)18-13-21-16(8-6-12-29(21)27-18)15-7-2-3-9-17(15)25/h2*2-13,19H,14H2,1H3,(H,26,30)/t2*19-/m00/s1. The number of halogens is 2. The minimum absolute atomic E-state index is 0.000224. The van der Waals surface area contributed by atoms with Gasteiger partial charge in [-0.25, -0.2) is 17.8 Å². The summed E-state index contributed by atoms with van der Waals surface area (Å²) in [6, 6.07) is 35.6. The molecular weight excluding hydrogens is 823 g/mol. The Hall–Kier alpha value is -8.40. The Morgan fingerprint density at radius 3 is 1.34 bits per heavy atom.